The Bertz CT molecular complexity index is 428. The molecule has 1 amide bonds. The molecule has 2 aliphatic heterocycles. The average Bonchev–Trinajstić information content (AvgIpc) is 2.39. The SMILES string of the molecule is CC1(C)CSC2=NC(=O)CC(C(F)(F)F)=[N+]21.[I-]. The van der Waals surface area contributed by atoms with E-state index in [1.54, 1.807) is 13.8 Å². The molecule has 1 fully saturated rings. The quantitative estimate of drug-likeness (QED) is 0.393. The van der Waals surface area contributed by atoms with Crippen molar-refractivity contribution in [3.8, 4) is 0 Å². The highest BCUT2D eigenvalue weighted by Crippen LogP contribution is 2.34. The highest BCUT2D eigenvalue weighted by molar-refractivity contribution is 8.13. The Kier molecular flexibility index (Phi) is 3.98. The van der Waals surface area contributed by atoms with Gasteiger partial charge >= 0.3 is 17.3 Å². The first-order valence-corrected chi connectivity index (χ1v) is 5.68. The van der Waals surface area contributed by atoms with E-state index >= 15 is 0 Å². The van der Waals surface area contributed by atoms with Crippen LogP contribution in [0.4, 0.5) is 13.2 Å². The monoisotopic (exact) mass is 378 g/mol. The molecule has 2 aliphatic rings. The Morgan fingerprint density at radius 2 is 2.00 bits per heavy atom. The zero-order chi connectivity index (χ0) is 12.1. The number of alkyl halides is 3. The van der Waals surface area contributed by atoms with Crippen LogP contribution in [0, 0.1) is 0 Å². The average molecular weight is 378 g/mol. The second-order valence-corrected chi connectivity index (χ2v) is 5.29. The number of aliphatic imine (C=N–C) groups is 1. The molecule has 0 saturated carbocycles. The Balaban J connectivity index is 0.00000144. The number of amides is 1. The van der Waals surface area contributed by atoms with Crippen molar-refractivity contribution < 1.29 is 46.5 Å². The summed E-state index contributed by atoms with van der Waals surface area (Å²) in [5.41, 5.74) is -1.44. The molecule has 96 valence electrons. The summed E-state index contributed by atoms with van der Waals surface area (Å²) in [6, 6.07) is 0. The van der Waals surface area contributed by atoms with Gasteiger partial charge in [-0.05, 0) is 25.6 Å². The molecule has 0 aromatic rings. The molecular weight excluding hydrogens is 368 g/mol. The van der Waals surface area contributed by atoms with Gasteiger partial charge in [0.1, 0.15) is 12.0 Å². The number of amidine groups is 1. The molecule has 2 heterocycles. The van der Waals surface area contributed by atoms with Gasteiger partial charge in [-0.2, -0.15) is 13.2 Å². The number of halogens is 4. The summed E-state index contributed by atoms with van der Waals surface area (Å²) in [5.74, 6) is -0.220. The molecule has 0 aromatic carbocycles. The predicted octanol–water partition coefficient (Wildman–Crippen LogP) is -1.18. The molecule has 3 nitrogen and oxygen atoms in total. The molecule has 0 spiro atoms. The summed E-state index contributed by atoms with van der Waals surface area (Å²) in [4.78, 5) is 14.8. The first kappa shape index (κ1) is 14.9. The lowest BCUT2D eigenvalue weighted by atomic mass is 10.1. The third-order valence-electron chi connectivity index (χ3n) is 2.49. The van der Waals surface area contributed by atoms with Crippen LogP contribution < -0.4 is 24.0 Å². The molecule has 0 N–H and O–H groups in total. The maximum atomic E-state index is 12.8. The highest BCUT2D eigenvalue weighted by atomic mass is 127. The van der Waals surface area contributed by atoms with Gasteiger partial charge in [-0.15, -0.1) is 0 Å². The number of carbonyl (C=O) groups is 1. The third kappa shape index (κ3) is 2.67. The summed E-state index contributed by atoms with van der Waals surface area (Å²) in [5, 5.41) is 0.175. The lowest BCUT2D eigenvalue weighted by Crippen LogP contribution is -3.00. The molecule has 17 heavy (non-hydrogen) atoms. The molecule has 0 radical (unpaired) electrons. The Morgan fingerprint density at radius 3 is 2.53 bits per heavy atom. The molecule has 1 saturated heterocycles. The summed E-state index contributed by atoms with van der Waals surface area (Å²) in [7, 11) is 0. The Labute approximate surface area is 118 Å². The molecule has 0 bridgehead atoms. The van der Waals surface area contributed by atoms with Crippen molar-refractivity contribution in [2.45, 2.75) is 32.0 Å². The third-order valence-corrected chi connectivity index (χ3v) is 3.87. The van der Waals surface area contributed by atoms with Gasteiger partial charge in [-0.3, -0.25) is 0 Å². The van der Waals surface area contributed by atoms with Gasteiger partial charge in [0.05, 0.1) is 0 Å². The number of rotatable bonds is 0. The summed E-state index contributed by atoms with van der Waals surface area (Å²) in [6.07, 6.45) is -5.13. The molecule has 0 atom stereocenters. The fraction of sp³-hybridized carbons (Fsp3) is 0.667. The standard InChI is InChI=1S/C9H10F3N2OS.HI/c1-8(2)4-16-7-13-6(15)3-5(14(7)8)9(10,11)12;/h3-4H2,1-2H3;1H/q+1;/p-1. The van der Waals surface area contributed by atoms with E-state index in [4.69, 9.17) is 0 Å². The molecule has 2 rings (SSSR count). The molecule has 8 heteroatoms. The summed E-state index contributed by atoms with van der Waals surface area (Å²) < 4.78 is 39.6. The van der Waals surface area contributed by atoms with Crippen LogP contribution >= 0.6 is 11.8 Å². The van der Waals surface area contributed by atoms with E-state index in [-0.39, 0.29) is 29.1 Å². The number of fused-ring (bicyclic) bond motifs is 1. The van der Waals surface area contributed by atoms with E-state index < -0.39 is 29.8 Å². The van der Waals surface area contributed by atoms with E-state index in [9.17, 15) is 18.0 Å². The summed E-state index contributed by atoms with van der Waals surface area (Å²) in [6.45, 7) is 3.42. The number of nitrogens with zero attached hydrogens (tertiary/aromatic N) is 2. The second-order valence-electron chi connectivity index (χ2n) is 4.35. The maximum absolute atomic E-state index is 12.8. The summed E-state index contributed by atoms with van der Waals surface area (Å²) >= 11 is 1.19. The van der Waals surface area contributed by atoms with Crippen LogP contribution in [0.1, 0.15) is 20.3 Å². The molecule has 0 aliphatic carbocycles. The van der Waals surface area contributed by atoms with Crippen molar-refractivity contribution in [3.05, 3.63) is 0 Å². The lowest BCUT2D eigenvalue weighted by Gasteiger charge is -2.21. The van der Waals surface area contributed by atoms with Crippen LogP contribution in [-0.4, -0.2) is 38.8 Å². The number of carbonyl (C=O) groups excluding carboxylic acids is 1. The van der Waals surface area contributed by atoms with E-state index in [1.807, 2.05) is 0 Å². The van der Waals surface area contributed by atoms with Crippen LogP contribution in [-0.2, 0) is 4.79 Å². The van der Waals surface area contributed by atoms with Gasteiger partial charge < -0.3 is 24.0 Å². The second kappa shape index (κ2) is 4.52. The van der Waals surface area contributed by atoms with Crippen molar-refractivity contribution in [3.63, 3.8) is 0 Å². The maximum Gasteiger partial charge on any atom is 0.449 e. The van der Waals surface area contributed by atoms with E-state index in [2.05, 4.69) is 4.99 Å². The van der Waals surface area contributed by atoms with Crippen molar-refractivity contribution in [1.29, 1.82) is 0 Å². The van der Waals surface area contributed by atoms with E-state index in [0.29, 0.717) is 5.75 Å². The van der Waals surface area contributed by atoms with Crippen LogP contribution in [0.5, 0.6) is 0 Å². The molecule has 0 aromatic heterocycles. The van der Waals surface area contributed by atoms with Gasteiger partial charge in [-0.1, -0.05) is 0 Å². The number of hydrogen-bond acceptors (Lipinski definition) is 2. The van der Waals surface area contributed by atoms with Gasteiger partial charge in [0.25, 0.3) is 0 Å². The van der Waals surface area contributed by atoms with Crippen LogP contribution in [0.2, 0.25) is 0 Å². The minimum absolute atomic E-state index is 0. The first-order chi connectivity index (χ1) is 7.22. The molecule has 0 unspecified atom stereocenters. The number of thioether (sulfide) groups is 1. The highest BCUT2D eigenvalue weighted by Gasteiger charge is 2.53. The molecular formula is C9H10F3IN2OS. The minimum atomic E-state index is -4.47. The van der Waals surface area contributed by atoms with Gasteiger partial charge in [0.15, 0.2) is 5.71 Å². The van der Waals surface area contributed by atoms with E-state index in [0.717, 1.165) is 4.58 Å². The smallest absolute Gasteiger partial charge is 0.449 e. The predicted molar refractivity (Wildman–Crippen MR) is 54.9 cm³/mol. The zero-order valence-electron chi connectivity index (χ0n) is 9.14. The minimum Gasteiger partial charge on any atom is -1.00 e. The first-order valence-electron chi connectivity index (χ1n) is 4.69. The largest absolute Gasteiger partial charge is 1.00 e. The normalized spacial score (nSPS) is 23.1. The van der Waals surface area contributed by atoms with Crippen molar-refractivity contribution in [1.82, 2.24) is 0 Å². The van der Waals surface area contributed by atoms with Crippen LogP contribution in [0.3, 0.4) is 0 Å². The Hall–Kier alpha value is -0.120. The lowest BCUT2D eigenvalue weighted by molar-refractivity contribution is -0.488. The van der Waals surface area contributed by atoms with Gasteiger partial charge in [-0.25, -0.2) is 9.37 Å². The zero-order valence-corrected chi connectivity index (χ0v) is 12.1. The van der Waals surface area contributed by atoms with Gasteiger partial charge in [0, 0.05) is 10.7 Å². The van der Waals surface area contributed by atoms with Crippen LogP contribution in [0.25, 0.3) is 0 Å². The Morgan fingerprint density at radius 1 is 1.41 bits per heavy atom. The van der Waals surface area contributed by atoms with Crippen molar-refractivity contribution in [2.75, 3.05) is 5.75 Å². The topological polar surface area (TPSA) is 32.4 Å². The fourth-order valence-corrected chi connectivity index (χ4v) is 3.05. The number of hydrogen-bond donors (Lipinski definition) is 0. The van der Waals surface area contributed by atoms with Gasteiger partial charge in [0.2, 0.25) is 0 Å². The van der Waals surface area contributed by atoms with Crippen molar-refractivity contribution >= 4 is 28.5 Å². The fourth-order valence-electron chi connectivity index (χ4n) is 1.79. The van der Waals surface area contributed by atoms with E-state index in [1.165, 1.54) is 11.8 Å². The van der Waals surface area contributed by atoms with Crippen molar-refractivity contribution in [2.24, 2.45) is 4.99 Å². The van der Waals surface area contributed by atoms with Crippen LogP contribution in [0.15, 0.2) is 4.99 Å².